The van der Waals surface area contributed by atoms with E-state index in [1.165, 1.54) is 44.3 Å². The molecule has 26 heavy (non-hydrogen) atoms. The molecule has 146 valence electrons. The first kappa shape index (κ1) is 21.8. The molecule has 0 bridgehead atoms. The van der Waals surface area contributed by atoms with Crippen molar-refractivity contribution < 1.29 is 0 Å². The molecule has 1 unspecified atom stereocenters. The molecule has 1 heterocycles. The van der Waals surface area contributed by atoms with Crippen molar-refractivity contribution in [2.24, 2.45) is 10.9 Å². The van der Waals surface area contributed by atoms with Gasteiger partial charge >= 0.3 is 0 Å². The molecule has 4 nitrogen and oxygen atoms in total. The number of hydrogen-bond acceptors (Lipinski definition) is 2. The first-order valence-electron chi connectivity index (χ1n) is 9.58. The van der Waals surface area contributed by atoms with Gasteiger partial charge in [-0.05, 0) is 69.8 Å². The van der Waals surface area contributed by atoms with Crippen LogP contribution in [-0.4, -0.2) is 50.6 Å². The Kier molecular flexibility index (Phi) is 8.48. The number of nitrogens with zero attached hydrogens (tertiary/aromatic N) is 2. The number of halogens is 2. The second-order valence-electron chi connectivity index (χ2n) is 7.64. The van der Waals surface area contributed by atoms with Gasteiger partial charge in [-0.2, -0.15) is 0 Å². The Morgan fingerprint density at radius 1 is 1.35 bits per heavy atom. The average Bonchev–Trinajstić information content (AvgIpc) is 3.39. The summed E-state index contributed by atoms with van der Waals surface area (Å²) >= 11 is 6.17. The fourth-order valence-corrected chi connectivity index (χ4v) is 3.95. The molecule has 0 amide bonds. The highest BCUT2D eigenvalue weighted by atomic mass is 127. The van der Waals surface area contributed by atoms with Gasteiger partial charge in [-0.15, -0.1) is 24.0 Å². The molecule has 0 spiro atoms. The summed E-state index contributed by atoms with van der Waals surface area (Å²) in [5.74, 6) is 1.66. The summed E-state index contributed by atoms with van der Waals surface area (Å²) in [5.41, 5.74) is 1.52. The minimum absolute atomic E-state index is 0. The van der Waals surface area contributed by atoms with Crippen LogP contribution in [0, 0.1) is 5.92 Å². The molecule has 6 heteroatoms. The van der Waals surface area contributed by atoms with E-state index in [0.29, 0.717) is 5.92 Å². The van der Waals surface area contributed by atoms with E-state index in [9.17, 15) is 0 Å². The number of nitrogens with one attached hydrogen (secondary N) is 2. The topological polar surface area (TPSA) is 39.7 Å². The Morgan fingerprint density at radius 2 is 2.15 bits per heavy atom. The monoisotopic (exact) mass is 490 g/mol. The van der Waals surface area contributed by atoms with Crippen LogP contribution in [0.25, 0.3) is 0 Å². The van der Waals surface area contributed by atoms with E-state index in [2.05, 4.69) is 41.6 Å². The number of guanidine groups is 1. The third-order valence-corrected chi connectivity index (χ3v) is 5.69. The van der Waals surface area contributed by atoms with Crippen LogP contribution < -0.4 is 10.6 Å². The zero-order chi connectivity index (χ0) is 17.7. The number of aliphatic imine (C=N–C) groups is 1. The van der Waals surface area contributed by atoms with Gasteiger partial charge in [-0.25, -0.2) is 0 Å². The molecule has 2 aliphatic rings. The lowest BCUT2D eigenvalue weighted by Gasteiger charge is -2.30. The van der Waals surface area contributed by atoms with Gasteiger partial charge < -0.3 is 15.5 Å². The first-order valence-corrected chi connectivity index (χ1v) is 9.96. The lowest BCUT2D eigenvalue weighted by Crippen LogP contribution is -2.43. The average molecular weight is 491 g/mol. The Hall–Kier alpha value is -0.530. The van der Waals surface area contributed by atoms with Crippen LogP contribution in [0.2, 0.25) is 5.02 Å². The maximum Gasteiger partial charge on any atom is 0.191 e. The minimum atomic E-state index is 0. The van der Waals surface area contributed by atoms with Gasteiger partial charge in [0, 0.05) is 30.1 Å². The quantitative estimate of drug-likeness (QED) is 0.361. The lowest BCUT2D eigenvalue weighted by atomic mass is 9.96. The molecular weight excluding hydrogens is 459 g/mol. The predicted octanol–water partition coefficient (Wildman–Crippen LogP) is 3.89. The molecule has 1 aliphatic carbocycles. The summed E-state index contributed by atoms with van der Waals surface area (Å²) in [6.45, 7) is 7.25. The standard InChI is InChI=1S/C20H31ClN4.HI/c1-3-22-19(23-13-16-6-5-11-25(2)14-16)24-15-20(9-10-20)17-7-4-8-18(21)12-17;/h4,7-8,12,16H,3,5-6,9-11,13-15H2,1-2H3,(H2,22,23,24);1H. The Morgan fingerprint density at radius 3 is 2.81 bits per heavy atom. The molecule has 1 aromatic carbocycles. The SMILES string of the molecule is CCNC(=NCC1(c2cccc(Cl)c2)CC1)NCC1CCCN(C)C1.I. The van der Waals surface area contributed by atoms with E-state index in [1.54, 1.807) is 0 Å². The van der Waals surface area contributed by atoms with Crippen molar-refractivity contribution in [2.45, 2.75) is 38.0 Å². The van der Waals surface area contributed by atoms with Crippen LogP contribution >= 0.6 is 35.6 Å². The van der Waals surface area contributed by atoms with Crippen LogP contribution in [0.5, 0.6) is 0 Å². The second kappa shape index (κ2) is 10.1. The molecule has 3 rings (SSSR count). The maximum atomic E-state index is 6.17. The summed E-state index contributed by atoms with van der Waals surface area (Å²) in [5, 5.41) is 7.77. The number of rotatable bonds is 6. The van der Waals surface area contributed by atoms with Crippen LogP contribution in [0.15, 0.2) is 29.3 Å². The normalized spacial score (nSPS) is 22.4. The molecule has 2 fully saturated rings. The van der Waals surface area contributed by atoms with Crippen molar-refractivity contribution in [1.82, 2.24) is 15.5 Å². The molecular formula is C20H32ClIN4. The van der Waals surface area contributed by atoms with Gasteiger partial charge in [0.15, 0.2) is 5.96 Å². The summed E-state index contributed by atoms with van der Waals surface area (Å²) < 4.78 is 0. The van der Waals surface area contributed by atoms with Gasteiger partial charge in [0.25, 0.3) is 0 Å². The Bertz CT molecular complexity index is 603. The molecule has 1 aromatic rings. The predicted molar refractivity (Wildman–Crippen MR) is 122 cm³/mol. The summed E-state index contributed by atoms with van der Waals surface area (Å²) in [6, 6.07) is 8.27. The Balaban J connectivity index is 0.00000243. The third-order valence-electron chi connectivity index (χ3n) is 5.45. The van der Waals surface area contributed by atoms with Crippen molar-refractivity contribution in [1.29, 1.82) is 0 Å². The van der Waals surface area contributed by atoms with E-state index >= 15 is 0 Å². The minimum Gasteiger partial charge on any atom is -0.357 e. The molecule has 1 atom stereocenters. The van der Waals surface area contributed by atoms with Crippen LogP contribution in [0.4, 0.5) is 0 Å². The van der Waals surface area contributed by atoms with Gasteiger partial charge in [0.1, 0.15) is 0 Å². The molecule has 0 aromatic heterocycles. The highest BCUT2D eigenvalue weighted by Crippen LogP contribution is 2.48. The van der Waals surface area contributed by atoms with Crippen LogP contribution in [0.1, 0.15) is 38.2 Å². The fourth-order valence-electron chi connectivity index (χ4n) is 3.76. The number of piperidine rings is 1. The summed E-state index contributed by atoms with van der Waals surface area (Å²) in [6.07, 6.45) is 5.00. The van der Waals surface area contributed by atoms with Crippen LogP contribution in [0.3, 0.4) is 0 Å². The largest absolute Gasteiger partial charge is 0.357 e. The van der Waals surface area contributed by atoms with Gasteiger partial charge in [-0.3, -0.25) is 4.99 Å². The lowest BCUT2D eigenvalue weighted by molar-refractivity contribution is 0.210. The van der Waals surface area contributed by atoms with E-state index in [-0.39, 0.29) is 29.4 Å². The van der Waals surface area contributed by atoms with E-state index < -0.39 is 0 Å². The van der Waals surface area contributed by atoms with E-state index in [1.807, 2.05) is 12.1 Å². The highest BCUT2D eigenvalue weighted by Gasteiger charge is 2.44. The molecule has 0 radical (unpaired) electrons. The molecule has 1 aliphatic heterocycles. The van der Waals surface area contributed by atoms with Crippen molar-refractivity contribution in [3.63, 3.8) is 0 Å². The zero-order valence-electron chi connectivity index (χ0n) is 15.9. The number of benzene rings is 1. The first-order chi connectivity index (χ1) is 12.1. The fraction of sp³-hybridized carbons (Fsp3) is 0.650. The summed E-state index contributed by atoms with van der Waals surface area (Å²) in [7, 11) is 2.22. The van der Waals surface area contributed by atoms with Gasteiger partial charge in [-0.1, -0.05) is 23.7 Å². The molecule has 2 N–H and O–H groups in total. The Labute approximate surface area is 180 Å². The van der Waals surface area contributed by atoms with Gasteiger partial charge in [0.2, 0.25) is 0 Å². The molecule has 1 saturated heterocycles. The van der Waals surface area contributed by atoms with E-state index in [0.717, 1.165) is 30.6 Å². The van der Waals surface area contributed by atoms with Gasteiger partial charge in [0.05, 0.1) is 6.54 Å². The second-order valence-corrected chi connectivity index (χ2v) is 8.07. The zero-order valence-corrected chi connectivity index (χ0v) is 19.0. The van der Waals surface area contributed by atoms with Crippen molar-refractivity contribution in [3.05, 3.63) is 34.9 Å². The van der Waals surface area contributed by atoms with Crippen molar-refractivity contribution in [3.8, 4) is 0 Å². The maximum absolute atomic E-state index is 6.17. The van der Waals surface area contributed by atoms with Crippen molar-refractivity contribution >= 4 is 41.5 Å². The van der Waals surface area contributed by atoms with Crippen LogP contribution in [-0.2, 0) is 5.41 Å². The third kappa shape index (κ3) is 5.99. The van der Waals surface area contributed by atoms with E-state index in [4.69, 9.17) is 16.6 Å². The smallest absolute Gasteiger partial charge is 0.191 e. The highest BCUT2D eigenvalue weighted by molar-refractivity contribution is 14.0. The van der Waals surface area contributed by atoms with Crippen molar-refractivity contribution in [2.75, 3.05) is 39.8 Å². The molecule has 1 saturated carbocycles. The number of hydrogen-bond donors (Lipinski definition) is 2. The number of likely N-dealkylation sites (tertiary alicyclic amines) is 1. The summed E-state index contributed by atoms with van der Waals surface area (Å²) in [4.78, 5) is 7.32.